The minimum atomic E-state index is -4.95. The zero-order valence-electron chi connectivity index (χ0n) is 59.0. The van der Waals surface area contributed by atoms with Crippen LogP contribution in [0.15, 0.2) is 0 Å². The lowest BCUT2D eigenvalue weighted by atomic mass is 9.99. The molecule has 3 N–H and O–H groups in total. The molecule has 0 rings (SSSR count). The van der Waals surface area contributed by atoms with Crippen molar-refractivity contribution in [1.82, 2.24) is 0 Å². The minimum Gasteiger partial charge on any atom is -0.462 e. The second-order valence-electron chi connectivity index (χ2n) is 26.2. The number of hydrogen-bond donors (Lipinski definition) is 3. The number of aliphatic hydroxyl groups excluding tert-OH is 1. The average Bonchev–Trinajstić information content (AvgIpc) is 3.64. The zero-order chi connectivity index (χ0) is 67.0. The van der Waals surface area contributed by atoms with E-state index in [0.717, 1.165) is 95.8 Å². The third kappa shape index (κ3) is 65.1. The lowest BCUT2D eigenvalue weighted by Crippen LogP contribution is -2.30. The number of carbonyl (C=O) groups excluding carboxylic acids is 4. The maximum Gasteiger partial charge on any atom is 0.472 e. The number of hydrogen-bond acceptors (Lipinski definition) is 15. The van der Waals surface area contributed by atoms with Crippen LogP contribution in [-0.4, -0.2) is 96.7 Å². The molecule has 540 valence electrons. The second kappa shape index (κ2) is 65.4. The Balaban J connectivity index is 5.20. The van der Waals surface area contributed by atoms with Gasteiger partial charge in [-0.25, -0.2) is 9.13 Å². The van der Waals surface area contributed by atoms with E-state index in [9.17, 15) is 43.2 Å². The van der Waals surface area contributed by atoms with Crippen molar-refractivity contribution in [1.29, 1.82) is 0 Å². The first-order chi connectivity index (χ1) is 44.1. The summed E-state index contributed by atoms with van der Waals surface area (Å²) in [5, 5.41) is 10.6. The van der Waals surface area contributed by atoms with Crippen molar-refractivity contribution in [3.63, 3.8) is 0 Å². The Hall–Kier alpha value is -1.94. The number of rotatable bonds is 72. The van der Waals surface area contributed by atoms with Gasteiger partial charge in [-0.05, 0) is 31.6 Å². The molecule has 0 aromatic rings. The Bertz CT molecular complexity index is 1760. The maximum atomic E-state index is 13.0. The van der Waals surface area contributed by atoms with Gasteiger partial charge >= 0.3 is 39.5 Å². The Kier molecular flexibility index (Phi) is 64.0. The van der Waals surface area contributed by atoms with E-state index < -0.39 is 97.5 Å². The number of ether oxygens (including phenoxy) is 4. The highest BCUT2D eigenvalue weighted by molar-refractivity contribution is 7.47. The average molecular weight is 1340 g/mol. The van der Waals surface area contributed by atoms with Gasteiger partial charge in [0.2, 0.25) is 0 Å². The van der Waals surface area contributed by atoms with Gasteiger partial charge in [0.15, 0.2) is 12.2 Å². The fourth-order valence-corrected chi connectivity index (χ4v) is 12.5. The fraction of sp³-hybridized carbons (Fsp3) is 0.944. The molecule has 0 aliphatic rings. The molecule has 0 saturated heterocycles. The molecule has 3 unspecified atom stereocenters. The van der Waals surface area contributed by atoms with E-state index in [-0.39, 0.29) is 25.7 Å². The highest BCUT2D eigenvalue weighted by atomic mass is 31.2. The summed E-state index contributed by atoms with van der Waals surface area (Å²) in [6.45, 7) is 7.25. The molecule has 0 aromatic carbocycles. The van der Waals surface area contributed by atoms with Gasteiger partial charge in [-0.3, -0.25) is 37.3 Å². The molecule has 6 atom stereocenters. The van der Waals surface area contributed by atoms with E-state index >= 15 is 0 Å². The summed E-state index contributed by atoms with van der Waals surface area (Å²) in [6.07, 6.45) is 52.7. The standard InChI is InChI=1S/C72H140O17P2/c1-6-10-13-16-19-22-25-26-27-28-29-30-31-32-33-36-43-48-53-58-72(77)89-68(62-83-70(75)56-51-46-41-38-37-39-44-49-54-65(5)9-4)64-87-91(80,81)85-60-66(73)59-84-90(78,79)86-63-67(88-71(76)57-52-47-42-35-24-21-18-15-12-8-3)61-82-69(74)55-50-45-40-34-23-20-17-14-11-7-2/h65-68,73H,6-64H2,1-5H3,(H,78,79)(H,80,81)/t65?,66-,67+,68+/m0/s1. The van der Waals surface area contributed by atoms with Crippen LogP contribution in [0.2, 0.25) is 0 Å². The molecule has 0 heterocycles. The molecule has 0 fully saturated rings. The van der Waals surface area contributed by atoms with Gasteiger partial charge in [0.1, 0.15) is 19.3 Å². The van der Waals surface area contributed by atoms with E-state index in [1.165, 1.54) is 199 Å². The van der Waals surface area contributed by atoms with Gasteiger partial charge in [0.25, 0.3) is 0 Å². The SMILES string of the molecule is CCCCCCCCCCCCCCCCCCCCCC(=O)O[C@H](COC(=O)CCCCCCCCCCC(C)CC)COP(=O)(O)OC[C@@H](O)COP(=O)(O)OC[C@@H](COC(=O)CCCCCCCCCCCC)OC(=O)CCCCCCCCCCCC. The van der Waals surface area contributed by atoms with Crippen LogP contribution in [0.25, 0.3) is 0 Å². The first-order valence-corrected chi connectivity index (χ1v) is 40.7. The van der Waals surface area contributed by atoms with Crippen LogP contribution in [0, 0.1) is 5.92 Å². The van der Waals surface area contributed by atoms with Gasteiger partial charge in [-0.15, -0.1) is 0 Å². The molecule has 0 radical (unpaired) electrons. The summed E-state index contributed by atoms with van der Waals surface area (Å²) in [7, 11) is -9.90. The van der Waals surface area contributed by atoms with Crippen LogP contribution in [0.4, 0.5) is 0 Å². The summed E-state index contributed by atoms with van der Waals surface area (Å²) < 4.78 is 68.3. The first kappa shape index (κ1) is 89.1. The van der Waals surface area contributed by atoms with Gasteiger partial charge in [0, 0.05) is 25.7 Å². The summed E-state index contributed by atoms with van der Waals surface area (Å²) in [6, 6.07) is 0. The highest BCUT2D eigenvalue weighted by Crippen LogP contribution is 2.45. The highest BCUT2D eigenvalue weighted by Gasteiger charge is 2.30. The van der Waals surface area contributed by atoms with Crippen LogP contribution in [0.5, 0.6) is 0 Å². The quantitative estimate of drug-likeness (QED) is 0.0222. The first-order valence-electron chi connectivity index (χ1n) is 37.7. The molecule has 0 spiro atoms. The molecule has 0 aromatic heterocycles. The number of esters is 4. The number of phosphoric ester groups is 2. The van der Waals surface area contributed by atoms with Crippen LogP contribution >= 0.6 is 15.6 Å². The van der Waals surface area contributed by atoms with E-state index in [1.54, 1.807) is 0 Å². The van der Waals surface area contributed by atoms with Gasteiger partial charge in [0.05, 0.1) is 26.4 Å². The normalized spacial score (nSPS) is 14.3. The van der Waals surface area contributed by atoms with Crippen molar-refractivity contribution in [3.05, 3.63) is 0 Å². The van der Waals surface area contributed by atoms with E-state index in [2.05, 4.69) is 34.6 Å². The summed E-state index contributed by atoms with van der Waals surface area (Å²) in [5.41, 5.74) is 0. The van der Waals surface area contributed by atoms with Crippen LogP contribution in [0.1, 0.15) is 375 Å². The van der Waals surface area contributed by atoms with Crippen molar-refractivity contribution in [2.45, 2.75) is 393 Å². The lowest BCUT2D eigenvalue weighted by molar-refractivity contribution is -0.161. The number of unbranched alkanes of at least 4 members (excludes halogenated alkanes) is 43. The Labute approximate surface area is 556 Å². The Morgan fingerprint density at radius 1 is 0.308 bits per heavy atom. The predicted octanol–water partition coefficient (Wildman–Crippen LogP) is 20.9. The Morgan fingerprint density at radius 3 is 0.780 bits per heavy atom. The maximum absolute atomic E-state index is 13.0. The van der Waals surface area contributed by atoms with Crippen molar-refractivity contribution < 1.29 is 80.2 Å². The molecular formula is C72H140O17P2. The molecule has 0 aliphatic heterocycles. The Morgan fingerprint density at radius 2 is 0.527 bits per heavy atom. The van der Waals surface area contributed by atoms with Gasteiger partial charge < -0.3 is 33.8 Å². The van der Waals surface area contributed by atoms with Crippen LogP contribution in [0.3, 0.4) is 0 Å². The van der Waals surface area contributed by atoms with Crippen molar-refractivity contribution in [3.8, 4) is 0 Å². The van der Waals surface area contributed by atoms with Gasteiger partial charge in [-0.1, -0.05) is 324 Å². The van der Waals surface area contributed by atoms with Gasteiger partial charge in [-0.2, -0.15) is 0 Å². The molecule has 0 aliphatic carbocycles. The van der Waals surface area contributed by atoms with Crippen molar-refractivity contribution in [2.75, 3.05) is 39.6 Å². The van der Waals surface area contributed by atoms with E-state index in [1.807, 2.05) is 0 Å². The number of carbonyl (C=O) groups is 4. The molecule has 0 saturated carbocycles. The third-order valence-electron chi connectivity index (χ3n) is 17.1. The fourth-order valence-electron chi connectivity index (χ4n) is 11.0. The van der Waals surface area contributed by atoms with E-state index in [0.29, 0.717) is 25.7 Å². The largest absolute Gasteiger partial charge is 0.472 e. The molecule has 91 heavy (non-hydrogen) atoms. The van der Waals surface area contributed by atoms with Crippen molar-refractivity contribution in [2.24, 2.45) is 5.92 Å². The van der Waals surface area contributed by atoms with Crippen LogP contribution < -0.4 is 0 Å². The topological polar surface area (TPSA) is 237 Å². The molecule has 19 heteroatoms. The number of phosphoric acid groups is 2. The monoisotopic (exact) mass is 1340 g/mol. The number of aliphatic hydroxyl groups is 1. The zero-order valence-corrected chi connectivity index (χ0v) is 60.8. The minimum absolute atomic E-state index is 0.107. The van der Waals surface area contributed by atoms with Crippen LogP contribution in [-0.2, 0) is 65.4 Å². The smallest absolute Gasteiger partial charge is 0.462 e. The molecule has 0 amide bonds. The van der Waals surface area contributed by atoms with E-state index in [4.69, 9.17) is 37.0 Å². The predicted molar refractivity (Wildman–Crippen MR) is 368 cm³/mol. The summed E-state index contributed by atoms with van der Waals surface area (Å²) in [5.74, 6) is -1.34. The second-order valence-corrected chi connectivity index (χ2v) is 29.1. The third-order valence-corrected chi connectivity index (χ3v) is 19.0. The lowest BCUT2D eigenvalue weighted by Gasteiger charge is -2.21. The summed E-state index contributed by atoms with van der Waals surface area (Å²) >= 11 is 0. The molecular weight excluding hydrogens is 1200 g/mol. The summed E-state index contributed by atoms with van der Waals surface area (Å²) in [4.78, 5) is 72.6. The molecule has 0 bridgehead atoms. The van der Waals surface area contributed by atoms with Crippen molar-refractivity contribution >= 4 is 39.5 Å². The molecule has 17 nitrogen and oxygen atoms in total.